The third-order valence-electron chi connectivity index (χ3n) is 6.82. The first-order chi connectivity index (χ1) is 18.4. The van der Waals surface area contributed by atoms with Gasteiger partial charge in [0.05, 0.1) is 11.9 Å². The molecule has 7 aromatic rings. The second-order valence-corrected chi connectivity index (χ2v) is 10.0. The summed E-state index contributed by atoms with van der Waals surface area (Å²) in [5.74, 6) is 0. The number of aromatic nitrogens is 3. The van der Waals surface area contributed by atoms with Gasteiger partial charge in [-0.3, -0.25) is 0 Å². The Morgan fingerprint density at radius 1 is 0.486 bits per heavy atom. The first-order valence-electron chi connectivity index (χ1n) is 12.2. The minimum absolute atomic E-state index is 0.810. The minimum atomic E-state index is 0.810. The second kappa shape index (κ2) is 9.08. The van der Waals surface area contributed by atoms with E-state index >= 15 is 0 Å². The van der Waals surface area contributed by atoms with E-state index in [4.69, 9.17) is 0 Å². The maximum Gasteiger partial charge on any atom is 0.0969 e. The SMILES string of the molecule is c1ccc(-c2ccccc2-c2ccc3sc4ccccc4c3c2-c2ccccc2-c2ccnnn2)cc1. The van der Waals surface area contributed by atoms with Crippen LogP contribution in [-0.4, -0.2) is 15.4 Å². The van der Waals surface area contributed by atoms with Crippen molar-refractivity contribution in [2.75, 3.05) is 0 Å². The lowest BCUT2D eigenvalue weighted by Crippen LogP contribution is -1.94. The van der Waals surface area contributed by atoms with Gasteiger partial charge in [-0.2, -0.15) is 0 Å². The van der Waals surface area contributed by atoms with E-state index in [0.29, 0.717) is 0 Å². The topological polar surface area (TPSA) is 38.7 Å². The van der Waals surface area contributed by atoms with E-state index in [2.05, 4.69) is 131 Å². The molecule has 0 fully saturated rings. The lowest BCUT2D eigenvalue weighted by Gasteiger charge is -2.18. The first-order valence-corrected chi connectivity index (χ1v) is 13.0. The monoisotopic (exact) mass is 491 g/mol. The maximum atomic E-state index is 4.37. The molecule has 0 atom stereocenters. The van der Waals surface area contributed by atoms with E-state index in [-0.39, 0.29) is 0 Å². The molecular weight excluding hydrogens is 470 g/mol. The quantitative estimate of drug-likeness (QED) is 0.247. The fraction of sp³-hybridized carbons (Fsp3) is 0. The normalized spacial score (nSPS) is 11.2. The Kier molecular flexibility index (Phi) is 5.30. The summed E-state index contributed by atoms with van der Waals surface area (Å²) in [5.41, 5.74) is 9.02. The number of fused-ring (bicyclic) bond motifs is 3. The van der Waals surface area contributed by atoms with Crippen molar-refractivity contribution in [3.63, 3.8) is 0 Å². The zero-order valence-corrected chi connectivity index (χ0v) is 20.7. The molecule has 2 heterocycles. The standard InChI is InChI=1S/C33H21N3S/c1-2-10-22(11-3-1)23-12-4-5-13-24(23)27-18-19-31-33(28-16-8-9-17-30(28)37-31)32(27)26-15-7-6-14-25(26)29-20-21-34-36-35-29/h1-21H. The third kappa shape index (κ3) is 3.70. The average Bonchev–Trinajstić information content (AvgIpc) is 3.36. The largest absolute Gasteiger partial charge is 0.139 e. The molecule has 0 spiro atoms. The predicted octanol–water partition coefficient (Wildman–Crippen LogP) is 8.91. The van der Waals surface area contributed by atoms with Gasteiger partial charge in [0.25, 0.3) is 0 Å². The summed E-state index contributed by atoms with van der Waals surface area (Å²) in [6.07, 6.45) is 1.70. The van der Waals surface area contributed by atoms with Crippen molar-refractivity contribution >= 4 is 31.5 Å². The molecule has 0 saturated heterocycles. The summed E-state index contributed by atoms with van der Waals surface area (Å²) >= 11 is 1.84. The van der Waals surface area contributed by atoms with Crippen LogP contribution in [0, 0.1) is 0 Å². The molecule has 5 aromatic carbocycles. The highest BCUT2D eigenvalue weighted by atomic mass is 32.1. The highest BCUT2D eigenvalue weighted by Gasteiger charge is 2.21. The number of nitrogens with zero attached hydrogens (tertiary/aromatic N) is 3. The third-order valence-corrected chi connectivity index (χ3v) is 7.96. The van der Waals surface area contributed by atoms with Gasteiger partial charge < -0.3 is 0 Å². The Labute approximate surface area is 218 Å². The van der Waals surface area contributed by atoms with Crippen molar-refractivity contribution in [2.45, 2.75) is 0 Å². The molecule has 7 rings (SSSR count). The van der Waals surface area contributed by atoms with E-state index in [0.717, 1.165) is 16.8 Å². The van der Waals surface area contributed by atoms with Gasteiger partial charge in [0.2, 0.25) is 0 Å². The first kappa shape index (κ1) is 21.6. The van der Waals surface area contributed by atoms with Crippen molar-refractivity contribution < 1.29 is 0 Å². The van der Waals surface area contributed by atoms with Crippen LogP contribution in [0.2, 0.25) is 0 Å². The number of rotatable bonds is 4. The van der Waals surface area contributed by atoms with Crippen LogP contribution in [0.25, 0.3) is 64.8 Å². The molecule has 0 radical (unpaired) electrons. The van der Waals surface area contributed by atoms with Gasteiger partial charge in [-0.1, -0.05) is 103 Å². The average molecular weight is 492 g/mol. The summed E-state index contributed by atoms with van der Waals surface area (Å²) in [6, 6.07) is 43.0. The maximum absolute atomic E-state index is 4.37. The van der Waals surface area contributed by atoms with E-state index < -0.39 is 0 Å². The fourth-order valence-corrected chi connectivity index (χ4v) is 6.33. The number of hydrogen-bond acceptors (Lipinski definition) is 4. The van der Waals surface area contributed by atoms with Crippen LogP contribution < -0.4 is 0 Å². The summed E-state index contributed by atoms with van der Waals surface area (Å²) in [4.78, 5) is 0. The molecular formula is C33H21N3S. The molecule has 0 N–H and O–H groups in total. The van der Waals surface area contributed by atoms with Crippen molar-refractivity contribution in [3.8, 4) is 44.6 Å². The molecule has 174 valence electrons. The van der Waals surface area contributed by atoms with Crippen LogP contribution in [0.3, 0.4) is 0 Å². The lowest BCUT2D eigenvalue weighted by atomic mass is 9.85. The summed E-state index contributed by atoms with van der Waals surface area (Å²) in [7, 11) is 0. The lowest BCUT2D eigenvalue weighted by molar-refractivity contribution is 0.871. The van der Waals surface area contributed by atoms with Crippen LogP contribution in [0.4, 0.5) is 0 Å². The van der Waals surface area contributed by atoms with Gasteiger partial charge in [0.15, 0.2) is 0 Å². The zero-order chi connectivity index (χ0) is 24.6. The highest BCUT2D eigenvalue weighted by molar-refractivity contribution is 7.26. The van der Waals surface area contributed by atoms with E-state index in [9.17, 15) is 0 Å². The molecule has 3 nitrogen and oxygen atoms in total. The van der Waals surface area contributed by atoms with Crippen LogP contribution in [0.1, 0.15) is 0 Å². The Balaban J connectivity index is 1.62. The summed E-state index contributed by atoms with van der Waals surface area (Å²) in [5, 5.41) is 14.8. The van der Waals surface area contributed by atoms with Crippen molar-refractivity contribution in [1.29, 1.82) is 0 Å². The molecule has 0 aliphatic heterocycles. The van der Waals surface area contributed by atoms with Crippen molar-refractivity contribution in [2.24, 2.45) is 0 Å². The number of hydrogen-bond donors (Lipinski definition) is 0. The van der Waals surface area contributed by atoms with Gasteiger partial charge in [-0.25, -0.2) is 0 Å². The van der Waals surface area contributed by atoms with Gasteiger partial charge in [-0.15, -0.1) is 21.5 Å². The molecule has 2 aromatic heterocycles. The Bertz CT molecular complexity index is 1880. The fourth-order valence-electron chi connectivity index (χ4n) is 5.22. The molecule has 0 aliphatic rings. The van der Waals surface area contributed by atoms with Gasteiger partial charge in [0, 0.05) is 25.7 Å². The molecule has 0 saturated carbocycles. The van der Waals surface area contributed by atoms with Crippen LogP contribution in [-0.2, 0) is 0 Å². The van der Waals surface area contributed by atoms with E-state index in [1.165, 1.54) is 48.0 Å². The van der Waals surface area contributed by atoms with Crippen LogP contribution in [0.5, 0.6) is 0 Å². The molecule has 0 unspecified atom stereocenters. The Morgan fingerprint density at radius 2 is 1.19 bits per heavy atom. The smallest absolute Gasteiger partial charge is 0.0969 e. The predicted molar refractivity (Wildman–Crippen MR) is 154 cm³/mol. The molecule has 0 amide bonds. The van der Waals surface area contributed by atoms with Crippen molar-refractivity contribution in [1.82, 2.24) is 15.4 Å². The number of thiophene rings is 1. The number of benzene rings is 5. The van der Waals surface area contributed by atoms with E-state index in [1.807, 2.05) is 17.4 Å². The minimum Gasteiger partial charge on any atom is -0.139 e. The molecule has 37 heavy (non-hydrogen) atoms. The van der Waals surface area contributed by atoms with Gasteiger partial charge in [-0.05, 0) is 56.8 Å². The van der Waals surface area contributed by atoms with Crippen LogP contribution in [0.15, 0.2) is 128 Å². The molecule has 0 aliphatic carbocycles. The Hall–Kier alpha value is -4.67. The molecule has 0 bridgehead atoms. The highest BCUT2D eigenvalue weighted by Crippen LogP contribution is 2.48. The molecule has 4 heteroatoms. The van der Waals surface area contributed by atoms with Crippen molar-refractivity contribution in [3.05, 3.63) is 128 Å². The van der Waals surface area contributed by atoms with E-state index in [1.54, 1.807) is 6.20 Å². The summed E-state index contributed by atoms with van der Waals surface area (Å²) in [6.45, 7) is 0. The second-order valence-electron chi connectivity index (χ2n) is 8.92. The van der Waals surface area contributed by atoms with Crippen LogP contribution >= 0.6 is 11.3 Å². The van der Waals surface area contributed by atoms with Gasteiger partial charge in [0.1, 0.15) is 0 Å². The Morgan fingerprint density at radius 3 is 2.00 bits per heavy atom. The summed E-state index contributed by atoms with van der Waals surface area (Å²) < 4.78 is 2.56. The zero-order valence-electron chi connectivity index (χ0n) is 19.9. The van der Waals surface area contributed by atoms with Gasteiger partial charge >= 0.3 is 0 Å².